The van der Waals surface area contributed by atoms with Crippen molar-refractivity contribution in [2.24, 2.45) is 0 Å². The van der Waals surface area contributed by atoms with Gasteiger partial charge in [-0.3, -0.25) is 4.79 Å². The number of hydrogen-bond acceptors (Lipinski definition) is 3. The van der Waals surface area contributed by atoms with Crippen LogP contribution in [0.2, 0.25) is 0 Å². The van der Waals surface area contributed by atoms with Gasteiger partial charge in [0.05, 0.1) is 0 Å². The molecule has 0 saturated carbocycles. The number of benzene rings is 1. The van der Waals surface area contributed by atoms with E-state index in [9.17, 15) is 4.79 Å². The maximum absolute atomic E-state index is 11.2. The second-order valence-electron chi connectivity index (χ2n) is 4.44. The molecule has 1 amide bonds. The van der Waals surface area contributed by atoms with Crippen molar-refractivity contribution in [2.45, 2.75) is 12.8 Å². The minimum absolute atomic E-state index is 0.0820. The number of hydrogen-bond donors (Lipinski definition) is 2. The molecule has 0 fully saturated rings. The maximum Gasteiger partial charge on any atom is 0.224 e. The molecule has 0 aromatic heterocycles. The van der Waals surface area contributed by atoms with Crippen LogP contribution in [0.25, 0.3) is 0 Å². The van der Waals surface area contributed by atoms with E-state index in [1.165, 1.54) is 0 Å². The molecule has 4 heteroatoms. The lowest BCUT2D eigenvalue weighted by Crippen LogP contribution is -2.19. The van der Waals surface area contributed by atoms with Gasteiger partial charge < -0.3 is 15.4 Å². The van der Waals surface area contributed by atoms with E-state index in [4.69, 9.17) is 4.74 Å². The minimum atomic E-state index is 0.0820. The van der Waals surface area contributed by atoms with E-state index in [0.717, 1.165) is 35.5 Å². The molecule has 0 unspecified atom stereocenters. The fourth-order valence-electron chi connectivity index (χ4n) is 1.94. The van der Waals surface area contributed by atoms with E-state index < -0.39 is 0 Å². The van der Waals surface area contributed by atoms with Crippen LogP contribution in [0.4, 0.5) is 5.69 Å². The molecule has 2 rings (SSSR count). The van der Waals surface area contributed by atoms with E-state index in [2.05, 4.69) is 17.2 Å². The molecular formula is C14H18N2O2. The Balaban J connectivity index is 1.99. The largest absolute Gasteiger partial charge is 0.489 e. The zero-order chi connectivity index (χ0) is 13.0. The Morgan fingerprint density at radius 1 is 1.50 bits per heavy atom. The molecule has 1 heterocycles. The van der Waals surface area contributed by atoms with Crippen molar-refractivity contribution < 1.29 is 9.53 Å². The minimum Gasteiger partial charge on any atom is -0.489 e. The van der Waals surface area contributed by atoms with Crippen molar-refractivity contribution in [3.63, 3.8) is 0 Å². The third-order valence-electron chi connectivity index (χ3n) is 2.84. The van der Waals surface area contributed by atoms with Gasteiger partial charge in [0.2, 0.25) is 5.91 Å². The lowest BCUT2D eigenvalue weighted by molar-refractivity contribution is -0.116. The lowest BCUT2D eigenvalue weighted by atomic mass is 10.0. The Morgan fingerprint density at radius 2 is 2.33 bits per heavy atom. The summed E-state index contributed by atoms with van der Waals surface area (Å²) in [5.74, 6) is 0.903. The van der Waals surface area contributed by atoms with Gasteiger partial charge in [-0.15, -0.1) is 0 Å². The van der Waals surface area contributed by atoms with Gasteiger partial charge in [0.1, 0.15) is 12.4 Å². The number of rotatable bonds is 5. The first-order valence-corrected chi connectivity index (χ1v) is 6.06. The zero-order valence-corrected chi connectivity index (χ0v) is 10.6. The Morgan fingerprint density at radius 3 is 3.11 bits per heavy atom. The van der Waals surface area contributed by atoms with Crippen molar-refractivity contribution in [1.82, 2.24) is 5.32 Å². The van der Waals surface area contributed by atoms with Gasteiger partial charge >= 0.3 is 0 Å². The van der Waals surface area contributed by atoms with Crippen molar-refractivity contribution in [3.05, 3.63) is 35.9 Å². The fourth-order valence-corrected chi connectivity index (χ4v) is 1.94. The van der Waals surface area contributed by atoms with Crippen LogP contribution in [0.1, 0.15) is 12.0 Å². The highest BCUT2D eigenvalue weighted by atomic mass is 16.5. The number of carbonyl (C=O) groups is 1. The van der Waals surface area contributed by atoms with E-state index in [1.807, 2.05) is 25.2 Å². The summed E-state index contributed by atoms with van der Waals surface area (Å²) in [6.45, 7) is 5.17. The van der Waals surface area contributed by atoms with Gasteiger partial charge in [-0.05, 0) is 42.8 Å². The summed E-state index contributed by atoms with van der Waals surface area (Å²) in [6, 6.07) is 5.75. The molecule has 1 aliphatic heterocycles. The molecule has 0 radical (unpaired) electrons. The van der Waals surface area contributed by atoms with E-state index >= 15 is 0 Å². The van der Waals surface area contributed by atoms with E-state index in [1.54, 1.807) is 0 Å². The van der Waals surface area contributed by atoms with Gasteiger partial charge in [-0.1, -0.05) is 6.58 Å². The Hall–Kier alpha value is -1.81. The lowest BCUT2D eigenvalue weighted by Gasteiger charge is -2.18. The molecule has 2 N–H and O–H groups in total. The Kier molecular flexibility index (Phi) is 3.99. The number of carbonyl (C=O) groups excluding carboxylic acids is 1. The topological polar surface area (TPSA) is 50.4 Å². The van der Waals surface area contributed by atoms with Crippen LogP contribution >= 0.6 is 0 Å². The molecule has 96 valence electrons. The van der Waals surface area contributed by atoms with Crippen molar-refractivity contribution >= 4 is 11.6 Å². The van der Waals surface area contributed by atoms with Crippen molar-refractivity contribution in [3.8, 4) is 5.75 Å². The Labute approximate surface area is 107 Å². The van der Waals surface area contributed by atoms with Crippen LogP contribution in [-0.2, 0) is 11.2 Å². The summed E-state index contributed by atoms with van der Waals surface area (Å²) >= 11 is 0. The number of amides is 1. The third-order valence-corrected chi connectivity index (χ3v) is 2.84. The standard InChI is InChI=1S/C14H18N2O2/c1-10(8-15-2)9-18-12-4-5-13-11(7-12)3-6-14(17)16-13/h4-5,7,15H,1,3,6,8-9H2,2H3,(H,16,17). The molecule has 0 saturated heterocycles. The average Bonchev–Trinajstić information content (AvgIpc) is 2.36. The second-order valence-corrected chi connectivity index (χ2v) is 4.44. The molecule has 4 nitrogen and oxygen atoms in total. The molecule has 1 aromatic carbocycles. The normalized spacial score (nSPS) is 13.7. The summed E-state index contributed by atoms with van der Waals surface area (Å²) in [4.78, 5) is 11.2. The summed E-state index contributed by atoms with van der Waals surface area (Å²) < 4.78 is 5.66. The number of ether oxygens (including phenoxy) is 1. The number of fused-ring (bicyclic) bond motifs is 1. The van der Waals surface area contributed by atoms with Gasteiger partial charge in [0.15, 0.2) is 0 Å². The Bertz CT molecular complexity index is 469. The molecule has 0 spiro atoms. The average molecular weight is 246 g/mol. The van der Waals surface area contributed by atoms with E-state index in [0.29, 0.717) is 13.0 Å². The van der Waals surface area contributed by atoms with Gasteiger partial charge in [-0.25, -0.2) is 0 Å². The highest BCUT2D eigenvalue weighted by Crippen LogP contribution is 2.26. The summed E-state index contributed by atoms with van der Waals surface area (Å²) in [5, 5.41) is 5.88. The number of likely N-dealkylation sites (N-methyl/N-ethyl adjacent to an activating group) is 1. The first-order chi connectivity index (χ1) is 8.69. The molecule has 0 bridgehead atoms. The third kappa shape index (κ3) is 3.11. The van der Waals surface area contributed by atoms with Crippen LogP contribution in [0.3, 0.4) is 0 Å². The molecule has 0 atom stereocenters. The molecule has 1 aromatic rings. The summed E-state index contributed by atoms with van der Waals surface area (Å²) in [5.41, 5.74) is 3.03. The smallest absolute Gasteiger partial charge is 0.224 e. The van der Waals surface area contributed by atoms with Gasteiger partial charge in [0, 0.05) is 18.7 Å². The molecular weight excluding hydrogens is 228 g/mol. The summed E-state index contributed by atoms with van der Waals surface area (Å²) in [7, 11) is 1.88. The van der Waals surface area contributed by atoms with Gasteiger partial charge in [0.25, 0.3) is 0 Å². The van der Waals surface area contributed by atoms with Crippen molar-refractivity contribution in [2.75, 3.05) is 25.5 Å². The van der Waals surface area contributed by atoms with Crippen LogP contribution < -0.4 is 15.4 Å². The quantitative estimate of drug-likeness (QED) is 0.778. The predicted octanol–water partition coefficient (Wildman–Crippen LogP) is 1.73. The first kappa shape index (κ1) is 12.6. The van der Waals surface area contributed by atoms with Crippen LogP contribution in [0.15, 0.2) is 30.4 Å². The maximum atomic E-state index is 11.2. The SMILES string of the molecule is C=C(CNC)COc1ccc2c(c1)CCC(=O)N2. The van der Waals surface area contributed by atoms with Crippen LogP contribution in [0.5, 0.6) is 5.75 Å². The van der Waals surface area contributed by atoms with Gasteiger partial charge in [-0.2, -0.15) is 0 Å². The fraction of sp³-hybridized carbons (Fsp3) is 0.357. The highest BCUT2D eigenvalue weighted by Gasteiger charge is 2.14. The predicted molar refractivity (Wildman–Crippen MR) is 72.0 cm³/mol. The zero-order valence-electron chi connectivity index (χ0n) is 10.6. The number of nitrogens with one attached hydrogen (secondary N) is 2. The molecule has 18 heavy (non-hydrogen) atoms. The van der Waals surface area contributed by atoms with Crippen molar-refractivity contribution in [1.29, 1.82) is 0 Å². The van der Waals surface area contributed by atoms with Crippen LogP contribution in [0, 0.1) is 0 Å². The van der Waals surface area contributed by atoms with Crippen LogP contribution in [-0.4, -0.2) is 26.1 Å². The summed E-state index contributed by atoms with van der Waals surface area (Å²) in [6.07, 6.45) is 1.32. The second kappa shape index (κ2) is 5.69. The molecule has 1 aliphatic rings. The number of aryl methyl sites for hydroxylation is 1. The highest BCUT2D eigenvalue weighted by molar-refractivity contribution is 5.93. The van der Waals surface area contributed by atoms with E-state index in [-0.39, 0.29) is 5.91 Å². The monoisotopic (exact) mass is 246 g/mol. The first-order valence-electron chi connectivity index (χ1n) is 6.06. The molecule has 0 aliphatic carbocycles. The number of anilines is 1.